The number of phenols is 1. The first-order chi connectivity index (χ1) is 17.0. The van der Waals surface area contributed by atoms with Gasteiger partial charge in [-0.3, -0.25) is 19.4 Å². The first kappa shape index (κ1) is 30.5. The number of aliphatic hydroxyl groups is 1. The number of guanidine groups is 1. The van der Waals surface area contributed by atoms with E-state index in [4.69, 9.17) is 27.4 Å². The molecule has 0 aliphatic carbocycles. The van der Waals surface area contributed by atoms with E-state index in [0.717, 1.165) is 0 Å². The van der Waals surface area contributed by atoms with Crippen molar-refractivity contribution in [2.75, 3.05) is 18.9 Å². The van der Waals surface area contributed by atoms with E-state index in [9.17, 15) is 24.3 Å². The predicted molar refractivity (Wildman–Crippen MR) is 134 cm³/mol. The number of hydrogen-bond acceptors (Lipinski definition) is 9. The van der Waals surface area contributed by atoms with Crippen LogP contribution in [0.3, 0.4) is 0 Å². The molecular formula is C21H33N7O7S. The average Bonchev–Trinajstić information content (AvgIpc) is 2.83. The molecule has 0 saturated heterocycles. The maximum atomic E-state index is 13.0. The molecule has 200 valence electrons. The summed E-state index contributed by atoms with van der Waals surface area (Å²) in [6, 6.07) is 0.951. The van der Waals surface area contributed by atoms with Crippen LogP contribution < -0.4 is 33.2 Å². The molecule has 1 aromatic rings. The predicted octanol–water partition coefficient (Wildman–Crippen LogP) is -3.22. The van der Waals surface area contributed by atoms with E-state index in [1.165, 1.54) is 12.1 Å². The van der Waals surface area contributed by atoms with Gasteiger partial charge in [0, 0.05) is 18.7 Å². The van der Waals surface area contributed by atoms with Crippen molar-refractivity contribution < 1.29 is 34.5 Å². The lowest BCUT2D eigenvalue weighted by Crippen LogP contribution is -2.58. The van der Waals surface area contributed by atoms with Crippen molar-refractivity contribution in [3.05, 3.63) is 29.8 Å². The Morgan fingerprint density at radius 2 is 1.50 bits per heavy atom. The third kappa shape index (κ3) is 10.8. The van der Waals surface area contributed by atoms with Gasteiger partial charge in [0.05, 0.1) is 12.6 Å². The molecule has 0 saturated carbocycles. The average molecular weight is 528 g/mol. The zero-order valence-electron chi connectivity index (χ0n) is 19.5. The molecule has 4 atom stereocenters. The van der Waals surface area contributed by atoms with Crippen LogP contribution in [0.15, 0.2) is 29.3 Å². The number of carbonyl (C=O) groups excluding carboxylic acids is 3. The summed E-state index contributed by atoms with van der Waals surface area (Å²) in [5.41, 5.74) is 17.0. The minimum atomic E-state index is -1.57. The number of nitrogens with one attached hydrogen (secondary N) is 3. The molecule has 0 radical (unpaired) electrons. The molecule has 0 spiro atoms. The third-order valence-corrected chi connectivity index (χ3v) is 5.29. The van der Waals surface area contributed by atoms with Crippen molar-refractivity contribution in [3.8, 4) is 5.75 Å². The van der Waals surface area contributed by atoms with E-state index in [1.807, 2.05) is 0 Å². The molecule has 0 aromatic heterocycles. The van der Waals surface area contributed by atoms with Crippen LogP contribution >= 0.6 is 12.6 Å². The van der Waals surface area contributed by atoms with Crippen LogP contribution in [0.4, 0.5) is 0 Å². The third-order valence-electron chi connectivity index (χ3n) is 4.93. The Balaban J connectivity index is 2.95. The van der Waals surface area contributed by atoms with Gasteiger partial charge >= 0.3 is 5.97 Å². The lowest BCUT2D eigenvalue weighted by atomic mass is 10.0. The summed E-state index contributed by atoms with van der Waals surface area (Å²) in [5, 5.41) is 34.7. The molecule has 0 bridgehead atoms. The highest BCUT2D eigenvalue weighted by Crippen LogP contribution is 2.12. The highest BCUT2D eigenvalue weighted by Gasteiger charge is 2.29. The molecule has 0 heterocycles. The number of carbonyl (C=O) groups is 4. The largest absolute Gasteiger partial charge is 0.508 e. The quantitative estimate of drug-likeness (QED) is 0.0472. The monoisotopic (exact) mass is 527 g/mol. The van der Waals surface area contributed by atoms with Crippen molar-refractivity contribution in [2.45, 2.75) is 43.4 Å². The Bertz CT molecular complexity index is 926. The molecule has 15 heteroatoms. The van der Waals surface area contributed by atoms with Crippen molar-refractivity contribution in [1.29, 1.82) is 0 Å². The van der Waals surface area contributed by atoms with Crippen LogP contribution in [0.2, 0.25) is 0 Å². The maximum Gasteiger partial charge on any atom is 0.328 e. The number of carboxylic acid groups (broad SMARTS) is 1. The second-order valence-corrected chi connectivity index (χ2v) is 8.18. The molecule has 0 aliphatic heterocycles. The van der Waals surface area contributed by atoms with Crippen LogP contribution in [0.25, 0.3) is 0 Å². The van der Waals surface area contributed by atoms with Crippen LogP contribution in [0.1, 0.15) is 18.4 Å². The summed E-state index contributed by atoms with van der Waals surface area (Å²) >= 11 is 4.03. The summed E-state index contributed by atoms with van der Waals surface area (Å²) < 4.78 is 0. The van der Waals surface area contributed by atoms with Gasteiger partial charge in [-0.2, -0.15) is 12.6 Å². The van der Waals surface area contributed by atoms with Crippen LogP contribution in [0, 0.1) is 0 Å². The number of nitrogens with two attached hydrogens (primary N) is 3. The van der Waals surface area contributed by atoms with Gasteiger partial charge in [0.1, 0.15) is 23.9 Å². The van der Waals surface area contributed by atoms with E-state index >= 15 is 0 Å². The fourth-order valence-corrected chi connectivity index (χ4v) is 3.19. The van der Waals surface area contributed by atoms with Crippen LogP contribution in [-0.2, 0) is 25.6 Å². The zero-order valence-corrected chi connectivity index (χ0v) is 20.4. The second-order valence-electron chi connectivity index (χ2n) is 7.81. The van der Waals surface area contributed by atoms with Gasteiger partial charge in [0.15, 0.2) is 5.96 Å². The Kier molecular flexibility index (Phi) is 13.1. The number of carboxylic acids is 1. The van der Waals surface area contributed by atoms with E-state index in [0.29, 0.717) is 12.0 Å². The lowest BCUT2D eigenvalue weighted by Gasteiger charge is -2.24. The van der Waals surface area contributed by atoms with E-state index in [2.05, 4.69) is 33.6 Å². The molecule has 3 amide bonds. The molecule has 14 nitrogen and oxygen atoms in total. The lowest BCUT2D eigenvalue weighted by molar-refractivity contribution is -0.143. The first-order valence-corrected chi connectivity index (χ1v) is 11.6. The summed E-state index contributed by atoms with van der Waals surface area (Å²) in [7, 11) is 0. The Hall–Kier alpha value is -3.56. The Labute approximate surface area is 213 Å². The number of aliphatic carboxylic acids is 1. The van der Waals surface area contributed by atoms with Gasteiger partial charge < -0.3 is 48.5 Å². The molecule has 1 rings (SSSR count). The zero-order chi connectivity index (χ0) is 27.3. The minimum absolute atomic E-state index is 0.00608. The van der Waals surface area contributed by atoms with Crippen LogP contribution in [0.5, 0.6) is 5.75 Å². The SMILES string of the molecule is NC(N)=NCCCC(N)C(=O)NC(Cc1ccc(O)cc1)C(=O)NC(CS)C(=O)NC(CO)C(=O)O. The number of nitrogens with zero attached hydrogens (tertiary/aromatic N) is 1. The number of thiol groups is 1. The number of rotatable bonds is 15. The van der Waals surface area contributed by atoms with Gasteiger partial charge in [0.2, 0.25) is 17.7 Å². The van der Waals surface area contributed by atoms with Gasteiger partial charge in [-0.05, 0) is 30.5 Å². The van der Waals surface area contributed by atoms with Gasteiger partial charge in [-0.1, -0.05) is 12.1 Å². The topological polar surface area (TPSA) is 255 Å². The number of phenolic OH excluding ortho intramolecular Hbond substituents is 1. The summed E-state index contributed by atoms with van der Waals surface area (Å²) in [4.78, 5) is 53.0. The maximum absolute atomic E-state index is 13.0. The summed E-state index contributed by atoms with van der Waals surface area (Å²) in [6.45, 7) is -0.584. The molecule has 36 heavy (non-hydrogen) atoms. The minimum Gasteiger partial charge on any atom is -0.508 e. The fourth-order valence-electron chi connectivity index (χ4n) is 2.93. The number of aromatic hydroxyl groups is 1. The van der Waals surface area contributed by atoms with Crippen molar-refractivity contribution in [3.63, 3.8) is 0 Å². The van der Waals surface area contributed by atoms with E-state index in [1.54, 1.807) is 12.1 Å². The fraction of sp³-hybridized carbons (Fsp3) is 0.476. The number of aliphatic hydroxyl groups excluding tert-OH is 1. The number of hydrogen-bond donors (Lipinski definition) is 10. The normalized spacial score (nSPS) is 14.0. The second kappa shape index (κ2) is 15.4. The van der Waals surface area contributed by atoms with Gasteiger partial charge in [0.25, 0.3) is 0 Å². The molecule has 1 aromatic carbocycles. The van der Waals surface area contributed by atoms with Crippen molar-refractivity contribution in [1.82, 2.24) is 16.0 Å². The molecular weight excluding hydrogens is 494 g/mol. The Morgan fingerprint density at radius 3 is 2.03 bits per heavy atom. The van der Waals surface area contributed by atoms with Crippen molar-refractivity contribution >= 4 is 42.3 Å². The molecule has 4 unspecified atom stereocenters. The highest BCUT2D eigenvalue weighted by molar-refractivity contribution is 7.80. The van der Waals surface area contributed by atoms with Crippen LogP contribution in [-0.4, -0.2) is 88.0 Å². The summed E-state index contributed by atoms with van der Waals surface area (Å²) in [6.07, 6.45) is 0.641. The standard InChI is InChI=1S/C21H33N7O7S/c22-13(2-1-7-25-21(23)24)17(31)26-14(8-11-3-5-12(30)6-4-11)18(32)28-16(10-36)19(33)27-15(9-29)20(34)35/h3-6,13-16,29-30,36H,1-2,7-10,22H2,(H,26,31)(H,27,33)(H,28,32)(H,34,35)(H4,23,24,25). The highest BCUT2D eigenvalue weighted by atomic mass is 32.1. The number of amides is 3. The molecule has 0 fully saturated rings. The van der Waals surface area contributed by atoms with Gasteiger partial charge in [-0.15, -0.1) is 0 Å². The van der Waals surface area contributed by atoms with E-state index < -0.39 is 54.5 Å². The van der Waals surface area contributed by atoms with Gasteiger partial charge in [-0.25, -0.2) is 4.79 Å². The number of aliphatic imine (C=N–C) groups is 1. The van der Waals surface area contributed by atoms with E-state index in [-0.39, 0.29) is 36.8 Å². The number of benzene rings is 1. The molecule has 12 N–H and O–H groups in total. The smallest absolute Gasteiger partial charge is 0.328 e. The van der Waals surface area contributed by atoms with Crippen molar-refractivity contribution in [2.24, 2.45) is 22.2 Å². The first-order valence-electron chi connectivity index (χ1n) is 10.9. The molecule has 0 aliphatic rings. The Morgan fingerprint density at radius 1 is 0.944 bits per heavy atom. The summed E-state index contributed by atoms with van der Waals surface area (Å²) in [5.74, 6) is -4.00.